The van der Waals surface area contributed by atoms with Crippen LogP contribution in [0.2, 0.25) is 0 Å². The van der Waals surface area contributed by atoms with Gasteiger partial charge < -0.3 is 14.6 Å². The van der Waals surface area contributed by atoms with Crippen LogP contribution in [0.3, 0.4) is 0 Å². The zero-order valence-electron chi connectivity index (χ0n) is 9.23. The highest BCUT2D eigenvalue weighted by Crippen LogP contribution is 2.14. The summed E-state index contributed by atoms with van der Waals surface area (Å²) in [4.78, 5) is 2.24. The van der Waals surface area contributed by atoms with Gasteiger partial charge in [-0.05, 0) is 25.7 Å². The third-order valence-corrected chi connectivity index (χ3v) is 3.10. The first-order chi connectivity index (χ1) is 7.34. The Kier molecular flexibility index (Phi) is 4.38. The molecule has 0 saturated carbocycles. The van der Waals surface area contributed by atoms with Gasteiger partial charge in [0.15, 0.2) is 6.29 Å². The minimum absolute atomic E-state index is 0.0197. The van der Waals surface area contributed by atoms with Gasteiger partial charge in [-0.25, -0.2) is 0 Å². The lowest BCUT2D eigenvalue weighted by atomic mass is 10.2. The van der Waals surface area contributed by atoms with Crippen molar-refractivity contribution in [2.75, 3.05) is 32.8 Å². The van der Waals surface area contributed by atoms with E-state index >= 15 is 0 Å². The van der Waals surface area contributed by atoms with Crippen molar-refractivity contribution in [1.29, 1.82) is 0 Å². The molecule has 0 bridgehead atoms. The summed E-state index contributed by atoms with van der Waals surface area (Å²) in [5.74, 6) is 0. The molecule has 4 heteroatoms. The van der Waals surface area contributed by atoms with Gasteiger partial charge in [0.2, 0.25) is 0 Å². The van der Waals surface area contributed by atoms with Crippen LogP contribution < -0.4 is 0 Å². The molecule has 0 aromatic carbocycles. The van der Waals surface area contributed by atoms with E-state index in [2.05, 4.69) is 4.90 Å². The van der Waals surface area contributed by atoms with E-state index in [4.69, 9.17) is 9.47 Å². The monoisotopic (exact) mass is 215 g/mol. The molecule has 0 aliphatic carbocycles. The predicted octanol–water partition coefficient (Wildman–Crippen LogP) is 0.596. The number of nitrogens with zero attached hydrogens (tertiary/aromatic N) is 1. The highest BCUT2D eigenvalue weighted by molar-refractivity contribution is 4.73. The van der Waals surface area contributed by atoms with Gasteiger partial charge in [0.1, 0.15) is 0 Å². The average molecular weight is 215 g/mol. The SMILES string of the molecule is O[C@@H]1CCN(CCOC2CCCCO2)C1. The van der Waals surface area contributed by atoms with Gasteiger partial charge >= 0.3 is 0 Å². The minimum Gasteiger partial charge on any atom is -0.392 e. The molecule has 1 unspecified atom stereocenters. The second-order valence-electron chi connectivity index (χ2n) is 4.41. The second kappa shape index (κ2) is 5.80. The number of ether oxygens (including phenoxy) is 2. The van der Waals surface area contributed by atoms with E-state index < -0.39 is 0 Å². The van der Waals surface area contributed by atoms with E-state index in [1.165, 1.54) is 6.42 Å². The topological polar surface area (TPSA) is 41.9 Å². The van der Waals surface area contributed by atoms with Gasteiger partial charge in [-0.1, -0.05) is 0 Å². The quantitative estimate of drug-likeness (QED) is 0.745. The zero-order valence-corrected chi connectivity index (χ0v) is 9.23. The first-order valence-electron chi connectivity index (χ1n) is 5.98. The molecule has 0 amide bonds. The van der Waals surface area contributed by atoms with Crippen molar-refractivity contribution < 1.29 is 14.6 Å². The van der Waals surface area contributed by atoms with Crippen molar-refractivity contribution in [3.8, 4) is 0 Å². The van der Waals surface area contributed by atoms with Crippen LogP contribution in [-0.2, 0) is 9.47 Å². The Hall–Kier alpha value is -0.160. The Morgan fingerprint density at radius 2 is 2.27 bits per heavy atom. The lowest BCUT2D eigenvalue weighted by Gasteiger charge is -2.24. The van der Waals surface area contributed by atoms with Gasteiger partial charge in [0.25, 0.3) is 0 Å². The van der Waals surface area contributed by atoms with E-state index in [0.717, 1.165) is 52.1 Å². The molecule has 2 aliphatic heterocycles. The minimum atomic E-state index is -0.129. The largest absolute Gasteiger partial charge is 0.392 e. The molecule has 2 rings (SSSR count). The molecule has 0 aromatic heterocycles. The Morgan fingerprint density at radius 3 is 2.93 bits per heavy atom. The maximum atomic E-state index is 9.34. The fourth-order valence-corrected chi connectivity index (χ4v) is 2.17. The van der Waals surface area contributed by atoms with Gasteiger partial charge in [0, 0.05) is 26.2 Å². The van der Waals surface area contributed by atoms with Crippen LogP contribution >= 0.6 is 0 Å². The van der Waals surface area contributed by atoms with Crippen LogP contribution in [0.25, 0.3) is 0 Å². The zero-order chi connectivity index (χ0) is 10.5. The molecule has 2 heterocycles. The lowest BCUT2D eigenvalue weighted by molar-refractivity contribution is -0.163. The Bertz CT molecular complexity index is 178. The third-order valence-electron chi connectivity index (χ3n) is 3.10. The number of likely N-dealkylation sites (tertiary alicyclic amines) is 1. The van der Waals surface area contributed by atoms with Crippen LogP contribution in [0.15, 0.2) is 0 Å². The summed E-state index contributed by atoms with van der Waals surface area (Å²) in [6.45, 7) is 4.27. The summed E-state index contributed by atoms with van der Waals surface area (Å²) in [5.41, 5.74) is 0. The highest BCUT2D eigenvalue weighted by atomic mass is 16.7. The van der Waals surface area contributed by atoms with E-state index in [1.807, 2.05) is 0 Å². The molecule has 0 aromatic rings. The fourth-order valence-electron chi connectivity index (χ4n) is 2.17. The van der Waals surface area contributed by atoms with Crippen LogP contribution in [0, 0.1) is 0 Å². The van der Waals surface area contributed by atoms with Crippen LogP contribution in [0.5, 0.6) is 0 Å². The molecule has 15 heavy (non-hydrogen) atoms. The molecule has 2 atom stereocenters. The standard InChI is InChI=1S/C11H21NO3/c13-10-4-5-12(9-10)6-8-15-11-3-1-2-7-14-11/h10-11,13H,1-9H2/t10-,11?/m1/s1. The summed E-state index contributed by atoms with van der Waals surface area (Å²) in [7, 11) is 0. The second-order valence-corrected chi connectivity index (χ2v) is 4.41. The number of hydrogen-bond acceptors (Lipinski definition) is 4. The Balaban J connectivity index is 1.54. The Labute approximate surface area is 91.2 Å². The van der Waals surface area contributed by atoms with Crippen molar-refractivity contribution in [3.05, 3.63) is 0 Å². The van der Waals surface area contributed by atoms with E-state index in [1.54, 1.807) is 0 Å². The summed E-state index contributed by atoms with van der Waals surface area (Å²) in [6.07, 6.45) is 4.20. The first-order valence-corrected chi connectivity index (χ1v) is 5.98. The number of rotatable bonds is 4. The molecule has 2 aliphatic rings. The fraction of sp³-hybridized carbons (Fsp3) is 1.00. The van der Waals surface area contributed by atoms with Gasteiger partial charge in [-0.15, -0.1) is 0 Å². The molecular weight excluding hydrogens is 194 g/mol. The molecule has 4 nitrogen and oxygen atoms in total. The van der Waals surface area contributed by atoms with Crippen molar-refractivity contribution >= 4 is 0 Å². The molecule has 2 saturated heterocycles. The molecule has 0 spiro atoms. The molecule has 0 radical (unpaired) electrons. The van der Waals surface area contributed by atoms with Crippen LogP contribution in [0.1, 0.15) is 25.7 Å². The van der Waals surface area contributed by atoms with Crippen molar-refractivity contribution in [2.24, 2.45) is 0 Å². The average Bonchev–Trinajstić information content (AvgIpc) is 2.66. The van der Waals surface area contributed by atoms with E-state index in [9.17, 15) is 5.11 Å². The van der Waals surface area contributed by atoms with Gasteiger partial charge in [0.05, 0.1) is 12.7 Å². The van der Waals surface area contributed by atoms with Gasteiger partial charge in [-0.3, -0.25) is 4.90 Å². The summed E-state index contributed by atoms with van der Waals surface area (Å²) >= 11 is 0. The van der Waals surface area contributed by atoms with Crippen LogP contribution in [0.4, 0.5) is 0 Å². The maximum Gasteiger partial charge on any atom is 0.157 e. The van der Waals surface area contributed by atoms with Crippen LogP contribution in [-0.4, -0.2) is 55.2 Å². The van der Waals surface area contributed by atoms with E-state index in [0.29, 0.717) is 0 Å². The van der Waals surface area contributed by atoms with Crippen molar-refractivity contribution in [2.45, 2.75) is 38.1 Å². The van der Waals surface area contributed by atoms with Gasteiger partial charge in [-0.2, -0.15) is 0 Å². The number of aliphatic hydroxyl groups excluding tert-OH is 1. The maximum absolute atomic E-state index is 9.34. The summed E-state index contributed by atoms with van der Waals surface area (Å²) < 4.78 is 11.1. The summed E-state index contributed by atoms with van der Waals surface area (Å²) in [6, 6.07) is 0. The normalized spacial score (nSPS) is 33.4. The lowest BCUT2D eigenvalue weighted by Crippen LogP contribution is -2.30. The molecule has 1 N–H and O–H groups in total. The Morgan fingerprint density at radius 1 is 1.33 bits per heavy atom. The molecule has 88 valence electrons. The summed E-state index contributed by atoms with van der Waals surface area (Å²) in [5, 5.41) is 9.34. The molecular formula is C11H21NO3. The number of aliphatic hydroxyl groups is 1. The first kappa shape index (κ1) is 11.3. The third kappa shape index (κ3) is 3.72. The number of β-amino-alcohol motifs (C(OH)–C–C–N with tert-alkyl or cyclic N) is 1. The van der Waals surface area contributed by atoms with Crippen molar-refractivity contribution in [1.82, 2.24) is 4.90 Å². The van der Waals surface area contributed by atoms with Crippen molar-refractivity contribution in [3.63, 3.8) is 0 Å². The molecule has 2 fully saturated rings. The highest BCUT2D eigenvalue weighted by Gasteiger charge is 2.20. The van der Waals surface area contributed by atoms with E-state index in [-0.39, 0.29) is 12.4 Å². The predicted molar refractivity (Wildman–Crippen MR) is 56.6 cm³/mol. The number of hydrogen-bond donors (Lipinski definition) is 1. The smallest absolute Gasteiger partial charge is 0.157 e.